The van der Waals surface area contributed by atoms with Crippen molar-refractivity contribution in [2.75, 3.05) is 0 Å². The highest BCUT2D eigenvalue weighted by Gasteiger charge is 2.12. The molecule has 0 aliphatic heterocycles. The molecule has 84 valence electrons. The smallest absolute Gasteiger partial charge is 0.150 e. The Morgan fingerprint density at radius 1 is 1.29 bits per heavy atom. The van der Waals surface area contributed by atoms with Crippen molar-refractivity contribution < 1.29 is 0 Å². The van der Waals surface area contributed by atoms with Gasteiger partial charge in [0, 0.05) is 28.9 Å². The highest BCUT2D eigenvalue weighted by molar-refractivity contribution is 7.18. The van der Waals surface area contributed by atoms with E-state index in [0.717, 1.165) is 21.3 Å². The van der Waals surface area contributed by atoms with E-state index >= 15 is 0 Å². The lowest BCUT2D eigenvalue weighted by Gasteiger charge is -1.99. The monoisotopic (exact) mass is 261 g/mol. The van der Waals surface area contributed by atoms with Crippen molar-refractivity contribution in [3.63, 3.8) is 0 Å². The third kappa shape index (κ3) is 1.79. The first-order valence-corrected chi connectivity index (χ1v) is 6.33. The van der Waals surface area contributed by atoms with E-state index in [0.29, 0.717) is 11.0 Å². The van der Waals surface area contributed by atoms with Crippen LogP contribution in [0.4, 0.5) is 0 Å². The fourth-order valence-corrected chi connectivity index (χ4v) is 2.95. The van der Waals surface area contributed by atoms with Crippen LogP contribution in [0.3, 0.4) is 0 Å². The number of halogens is 1. The second-order valence-corrected chi connectivity index (χ2v) is 4.87. The topological polar surface area (TPSA) is 38.7 Å². The van der Waals surface area contributed by atoms with Crippen LogP contribution in [0.15, 0.2) is 29.9 Å². The molecule has 0 unspecified atom stereocenters. The summed E-state index contributed by atoms with van der Waals surface area (Å²) in [5, 5.41) is 2.56. The number of nitrogens with zero attached hydrogens (tertiary/aromatic N) is 3. The molecule has 3 nitrogen and oxygen atoms in total. The van der Waals surface area contributed by atoms with Crippen molar-refractivity contribution in [2.45, 2.75) is 6.92 Å². The Balaban J connectivity index is 2.32. The van der Waals surface area contributed by atoms with Crippen LogP contribution in [0.5, 0.6) is 0 Å². The lowest BCUT2D eigenvalue weighted by atomic mass is 10.1. The van der Waals surface area contributed by atoms with Crippen LogP contribution in [-0.4, -0.2) is 15.0 Å². The molecule has 0 N–H and O–H groups in total. The summed E-state index contributed by atoms with van der Waals surface area (Å²) in [7, 11) is 0. The third-order valence-electron chi connectivity index (χ3n) is 2.46. The minimum Gasteiger partial charge on any atom is -0.264 e. The van der Waals surface area contributed by atoms with Crippen LogP contribution < -0.4 is 0 Å². The summed E-state index contributed by atoms with van der Waals surface area (Å²) in [5.41, 5.74) is 3.01. The molecule has 5 heteroatoms. The first-order chi connectivity index (χ1) is 8.25. The molecule has 0 bridgehead atoms. The van der Waals surface area contributed by atoms with Gasteiger partial charge in [-0.25, -0.2) is 9.97 Å². The van der Waals surface area contributed by atoms with Crippen LogP contribution in [0.1, 0.15) is 5.82 Å². The molecule has 3 aromatic heterocycles. The van der Waals surface area contributed by atoms with Gasteiger partial charge in [0.15, 0.2) is 5.15 Å². The molecule has 0 amide bonds. The average molecular weight is 262 g/mol. The molecule has 0 saturated heterocycles. The van der Waals surface area contributed by atoms with Crippen molar-refractivity contribution >= 4 is 33.2 Å². The summed E-state index contributed by atoms with van der Waals surface area (Å²) in [4.78, 5) is 12.7. The number of aromatic nitrogens is 3. The lowest BCUT2D eigenvalue weighted by molar-refractivity contribution is 1.10. The molecule has 3 aromatic rings. The lowest BCUT2D eigenvalue weighted by Crippen LogP contribution is -1.88. The second-order valence-electron chi connectivity index (χ2n) is 3.63. The summed E-state index contributed by atoms with van der Waals surface area (Å²) < 4.78 is 0.927. The number of hydrogen-bond donors (Lipinski definition) is 0. The quantitative estimate of drug-likeness (QED) is 0.627. The number of hydrogen-bond acceptors (Lipinski definition) is 4. The van der Waals surface area contributed by atoms with Crippen molar-refractivity contribution in [1.29, 1.82) is 0 Å². The first-order valence-electron chi connectivity index (χ1n) is 5.07. The Hall–Kier alpha value is -1.52. The first kappa shape index (κ1) is 10.6. The molecule has 0 aromatic carbocycles. The van der Waals surface area contributed by atoms with E-state index < -0.39 is 0 Å². The van der Waals surface area contributed by atoms with Gasteiger partial charge < -0.3 is 0 Å². The number of pyridine rings is 1. The summed E-state index contributed by atoms with van der Waals surface area (Å²) in [6.45, 7) is 1.84. The van der Waals surface area contributed by atoms with E-state index in [1.165, 1.54) is 0 Å². The zero-order valence-corrected chi connectivity index (χ0v) is 10.6. The van der Waals surface area contributed by atoms with Crippen molar-refractivity contribution in [3.8, 4) is 11.1 Å². The average Bonchev–Trinajstić information content (AvgIpc) is 2.74. The predicted octanol–water partition coefficient (Wildman–Crippen LogP) is 3.72. The van der Waals surface area contributed by atoms with Crippen molar-refractivity contribution in [1.82, 2.24) is 15.0 Å². The van der Waals surface area contributed by atoms with E-state index in [1.54, 1.807) is 17.5 Å². The molecule has 0 spiro atoms. The van der Waals surface area contributed by atoms with Crippen molar-refractivity contribution in [2.24, 2.45) is 0 Å². The van der Waals surface area contributed by atoms with E-state index in [-0.39, 0.29) is 0 Å². The van der Waals surface area contributed by atoms with Gasteiger partial charge in [-0.2, -0.15) is 0 Å². The number of thiophene rings is 1. The van der Waals surface area contributed by atoms with Gasteiger partial charge in [0.25, 0.3) is 0 Å². The summed E-state index contributed by atoms with van der Waals surface area (Å²) in [6.07, 6.45) is 3.58. The molecule has 0 radical (unpaired) electrons. The van der Waals surface area contributed by atoms with Gasteiger partial charge in [-0.3, -0.25) is 4.98 Å². The second kappa shape index (κ2) is 4.05. The number of aryl methyl sites for hydroxylation is 1. The van der Waals surface area contributed by atoms with Gasteiger partial charge in [-0.15, -0.1) is 11.3 Å². The summed E-state index contributed by atoms with van der Waals surface area (Å²) in [6, 6.07) is 3.92. The number of rotatable bonds is 1. The zero-order chi connectivity index (χ0) is 11.8. The van der Waals surface area contributed by atoms with Crippen LogP contribution >= 0.6 is 22.9 Å². The van der Waals surface area contributed by atoms with Crippen LogP contribution in [0.2, 0.25) is 5.15 Å². The molecular weight excluding hydrogens is 254 g/mol. The molecule has 17 heavy (non-hydrogen) atoms. The molecule has 0 fully saturated rings. The molecule has 0 saturated carbocycles. The maximum atomic E-state index is 6.11. The van der Waals surface area contributed by atoms with Gasteiger partial charge in [0.2, 0.25) is 0 Å². The third-order valence-corrected chi connectivity index (χ3v) is 3.82. The Bertz CT molecular complexity index is 679. The van der Waals surface area contributed by atoms with Crippen LogP contribution in [0, 0.1) is 6.92 Å². The largest absolute Gasteiger partial charge is 0.264 e. The fraction of sp³-hybridized carbons (Fsp3) is 0.0833. The van der Waals surface area contributed by atoms with Gasteiger partial charge in [-0.05, 0) is 13.0 Å². The highest BCUT2D eigenvalue weighted by atomic mass is 35.5. The van der Waals surface area contributed by atoms with E-state index in [1.807, 2.05) is 30.6 Å². The van der Waals surface area contributed by atoms with E-state index in [9.17, 15) is 0 Å². The standard InChI is InChI=1S/C12H8ClN3S/c1-7-15-10-9(8-3-2-4-14-5-8)6-17-11(10)12(13)16-7/h2-6H,1H3. The van der Waals surface area contributed by atoms with Gasteiger partial charge in [-0.1, -0.05) is 17.7 Å². The normalized spacial score (nSPS) is 10.9. The molecular formula is C12H8ClN3S. The minimum atomic E-state index is 0.521. The maximum Gasteiger partial charge on any atom is 0.150 e. The van der Waals surface area contributed by atoms with E-state index in [4.69, 9.17) is 11.6 Å². The molecule has 3 heterocycles. The summed E-state index contributed by atoms with van der Waals surface area (Å²) >= 11 is 7.67. The molecule has 3 rings (SSSR count). The van der Waals surface area contributed by atoms with Crippen molar-refractivity contribution in [3.05, 3.63) is 40.9 Å². The summed E-state index contributed by atoms with van der Waals surface area (Å²) in [5.74, 6) is 0.686. The molecule has 0 atom stereocenters. The molecule has 0 aliphatic carbocycles. The maximum absolute atomic E-state index is 6.11. The van der Waals surface area contributed by atoms with Gasteiger partial charge in [0.05, 0.1) is 10.2 Å². The SMILES string of the molecule is Cc1nc(Cl)c2scc(-c3cccnc3)c2n1. The zero-order valence-electron chi connectivity index (χ0n) is 9.01. The van der Waals surface area contributed by atoms with Gasteiger partial charge >= 0.3 is 0 Å². The fourth-order valence-electron chi connectivity index (χ4n) is 1.72. The highest BCUT2D eigenvalue weighted by Crippen LogP contribution is 2.35. The molecule has 0 aliphatic rings. The predicted molar refractivity (Wildman–Crippen MR) is 70.4 cm³/mol. The van der Waals surface area contributed by atoms with E-state index in [2.05, 4.69) is 15.0 Å². The van der Waals surface area contributed by atoms with Crippen LogP contribution in [-0.2, 0) is 0 Å². The Morgan fingerprint density at radius 3 is 2.94 bits per heavy atom. The Kier molecular flexibility index (Phi) is 2.53. The number of fused-ring (bicyclic) bond motifs is 1. The van der Waals surface area contributed by atoms with Crippen LogP contribution in [0.25, 0.3) is 21.3 Å². The van der Waals surface area contributed by atoms with Gasteiger partial charge in [0.1, 0.15) is 5.82 Å². The Morgan fingerprint density at radius 2 is 2.18 bits per heavy atom. The minimum absolute atomic E-state index is 0.521. The Labute approximate surface area is 107 Å².